The lowest BCUT2D eigenvalue weighted by molar-refractivity contribution is -0.288. The highest BCUT2D eigenvalue weighted by atomic mass is 16.7. The fourth-order valence-electron chi connectivity index (χ4n) is 5.14. The first-order valence-electron chi connectivity index (χ1n) is 16.0. The van der Waals surface area contributed by atoms with Gasteiger partial charge in [-0.1, -0.05) is 49.4 Å². The first-order chi connectivity index (χ1) is 24.0. The summed E-state index contributed by atoms with van der Waals surface area (Å²) in [5.74, 6) is -2.84. The van der Waals surface area contributed by atoms with Crippen molar-refractivity contribution in [3.05, 3.63) is 76.7 Å². The molecule has 1 aliphatic heterocycles. The van der Waals surface area contributed by atoms with Gasteiger partial charge in [0.15, 0.2) is 18.0 Å². The molecule has 14 heteroatoms. The zero-order chi connectivity index (χ0) is 36.2. The summed E-state index contributed by atoms with van der Waals surface area (Å²) in [4.78, 5) is 61.3. The lowest BCUT2D eigenvalue weighted by Gasteiger charge is -2.43. The Morgan fingerprint density at radius 1 is 0.780 bits per heavy atom. The average molecular weight is 697 g/mol. The molecule has 1 saturated heterocycles. The van der Waals surface area contributed by atoms with Crippen molar-refractivity contribution in [2.75, 3.05) is 13.2 Å². The molecule has 1 aliphatic rings. The van der Waals surface area contributed by atoms with Crippen molar-refractivity contribution in [3.63, 3.8) is 0 Å². The molecule has 50 heavy (non-hydrogen) atoms. The van der Waals surface area contributed by atoms with Crippen molar-refractivity contribution in [3.8, 4) is 17.2 Å². The molecule has 2 aromatic carbocycles. The normalized spacial score (nSPS) is 20.1. The van der Waals surface area contributed by atoms with Crippen LogP contribution in [-0.4, -0.2) is 67.8 Å². The minimum absolute atomic E-state index is 0.0689. The second kappa shape index (κ2) is 17.9. The summed E-state index contributed by atoms with van der Waals surface area (Å²) in [5.41, 5.74) is 0.137. The van der Waals surface area contributed by atoms with E-state index in [1.165, 1.54) is 19.1 Å². The minimum atomic E-state index is -1.49. The number of esters is 4. The van der Waals surface area contributed by atoms with Gasteiger partial charge in [-0.25, -0.2) is 4.79 Å². The molecule has 1 aromatic heterocycles. The topological polar surface area (TPSA) is 172 Å². The van der Waals surface area contributed by atoms with Crippen molar-refractivity contribution in [2.45, 2.75) is 84.8 Å². The maximum absolute atomic E-state index is 13.3. The quantitative estimate of drug-likeness (QED) is 0.0711. The second-order valence-corrected chi connectivity index (χ2v) is 11.2. The Bertz CT molecular complexity index is 1730. The number of allylic oxidation sites excluding steroid dienone is 1. The third kappa shape index (κ3) is 10.3. The molecule has 0 spiro atoms. The van der Waals surface area contributed by atoms with E-state index in [4.69, 9.17) is 42.3 Å². The number of benzene rings is 2. The van der Waals surface area contributed by atoms with Gasteiger partial charge in [0.1, 0.15) is 30.7 Å². The van der Waals surface area contributed by atoms with Crippen LogP contribution in [0.2, 0.25) is 0 Å². The third-order valence-electron chi connectivity index (χ3n) is 7.15. The average Bonchev–Trinajstić information content (AvgIpc) is 3.05. The summed E-state index contributed by atoms with van der Waals surface area (Å²) in [6.45, 7) is 6.45. The minimum Gasteiger partial charge on any atom is -0.484 e. The third-order valence-corrected chi connectivity index (χ3v) is 7.15. The Hall–Kier alpha value is -5.37. The van der Waals surface area contributed by atoms with Gasteiger partial charge in [0.05, 0.1) is 12.0 Å². The van der Waals surface area contributed by atoms with E-state index in [-0.39, 0.29) is 36.0 Å². The van der Waals surface area contributed by atoms with E-state index in [0.29, 0.717) is 11.8 Å². The summed E-state index contributed by atoms with van der Waals surface area (Å²) in [7, 11) is 0. The van der Waals surface area contributed by atoms with Gasteiger partial charge in [-0.15, -0.1) is 0 Å². The van der Waals surface area contributed by atoms with Crippen LogP contribution in [0.1, 0.15) is 53.0 Å². The molecular formula is C36H40O14. The van der Waals surface area contributed by atoms with E-state index >= 15 is 0 Å². The zero-order valence-electron chi connectivity index (χ0n) is 28.4. The van der Waals surface area contributed by atoms with Crippen LogP contribution in [0.3, 0.4) is 0 Å². The maximum atomic E-state index is 13.3. The highest BCUT2D eigenvalue weighted by Crippen LogP contribution is 2.37. The van der Waals surface area contributed by atoms with Gasteiger partial charge in [-0.05, 0) is 30.5 Å². The Balaban J connectivity index is 1.72. The summed E-state index contributed by atoms with van der Waals surface area (Å²) in [6, 6.07) is 13.9. The highest BCUT2D eigenvalue weighted by molar-refractivity contribution is 5.86. The Kier molecular flexibility index (Phi) is 13.4. The van der Waals surface area contributed by atoms with Crippen molar-refractivity contribution in [2.24, 2.45) is 0 Å². The van der Waals surface area contributed by atoms with E-state index < -0.39 is 66.8 Å². The summed E-state index contributed by atoms with van der Waals surface area (Å²) in [6.07, 6.45) is -1.58. The van der Waals surface area contributed by atoms with Gasteiger partial charge in [-0.3, -0.25) is 19.2 Å². The van der Waals surface area contributed by atoms with Crippen LogP contribution in [0.5, 0.6) is 17.2 Å². The fourth-order valence-corrected chi connectivity index (χ4v) is 5.14. The first kappa shape index (κ1) is 37.4. The van der Waals surface area contributed by atoms with Crippen LogP contribution < -0.4 is 19.8 Å². The van der Waals surface area contributed by atoms with Crippen LogP contribution in [0.15, 0.2) is 69.9 Å². The molecule has 0 radical (unpaired) electrons. The number of carbonyl (C=O) groups excluding carboxylic acids is 4. The van der Waals surface area contributed by atoms with Gasteiger partial charge in [0.25, 0.3) is 0 Å². The predicted octanol–water partition coefficient (Wildman–Crippen LogP) is 4.57. The van der Waals surface area contributed by atoms with Crippen LogP contribution in [-0.2, 0) is 49.5 Å². The van der Waals surface area contributed by atoms with E-state index in [1.807, 2.05) is 49.4 Å². The van der Waals surface area contributed by atoms with Gasteiger partial charge in [0.2, 0.25) is 18.1 Å². The number of fused-ring (bicyclic) bond motifs is 1. The molecule has 14 nitrogen and oxygen atoms in total. The van der Waals surface area contributed by atoms with E-state index in [9.17, 15) is 24.0 Å². The molecule has 0 N–H and O–H groups in total. The van der Waals surface area contributed by atoms with Gasteiger partial charge in [0, 0.05) is 33.8 Å². The number of rotatable bonds is 15. The molecule has 0 aliphatic carbocycles. The van der Waals surface area contributed by atoms with Crippen molar-refractivity contribution < 1.29 is 61.5 Å². The summed E-state index contributed by atoms with van der Waals surface area (Å²) in [5, 5.41) is 0.397. The molecule has 268 valence electrons. The highest BCUT2D eigenvalue weighted by Gasteiger charge is 2.53. The Labute approximate surface area is 288 Å². The van der Waals surface area contributed by atoms with Crippen LogP contribution in [0.4, 0.5) is 0 Å². The number of carbonyl (C=O) groups is 4. The van der Waals surface area contributed by atoms with E-state index in [1.54, 1.807) is 6.07 Å². The smallest absolute Gasteiger partial charge is 0.383 e. The fraction of sp³-hybridized carbons (Fsp3) is 0.417. The number of hydrogen-bond acceptors (Lipinski definition) is 14. The van der Waals surface area contributed by atoms with Crippen LogP contribution >= 0.6 is 0 Å². The van der Waals surface area contributed by atoms with Crippen LogP contribution in [0, 0.1) is 0 Å². The largest absolute Gasteiger partial charge is 0.484 e. The molecule has 4 rings (SSSR count). The van der Waals surface area contributed by atoms with E-state index in [0.717, 1.165) is 32.8 Å². The molecule has 2 heterocycles. The van der Waals surface area contributed by atoms with E-state index in [2.05, 4.69) is 0 Å². The maximum Gasteiger partial charge on any atom is 0.383 e. The predicted molar refractivity (Wildman–Crippen MR) is 175 cm³/mol. The Morgan fingerprint density at radius 2 is 1.46 bits per heavy atom. The van der Waals surface area contributed by atoms with Gasteiger partial charge in [-0.2, -0.15) is 0 Å². The molecular weight excluding hydrogens is 656 g/mol. The molecule has 1 fully saturated rings. The number of hydrogen-bond donors (Lipinski definition) is 0. The standard InChI is InChI=1S/C36H40O14/c1-6-7-8-12-17-42-33-30(44-19-25-13-10-9-11-14-25)27-16-15-26(18-28(27)49-35(33)41)48-36-34(47-24(5)40)32(46-23(4)39)31(45-22(3)38)29(50-36)20-43-21(2)37/h7-11,13-16,18,29,31-32,34,36H,6,12,17,19-20H2,1-5H3/t29-,31+,32+,34-,36-/m1/s1. The van der Waals surface area contributed by atoms with Gasteiger partial charge >= 0.3 is 29.5 Å². The molecule has 0 amide bonds. The van der Waals surface area contributed by atoms with Crippen molar-refractivity contribution in [1.82, 2.24) is 0 Å². The molecule has 3 aromatic rings. The zero-order valence-corrected chi connectivity index (χ0v) is 28.4. The monoisotopic (exact) mass is 696 g/mol. The first-order valence-corrected chi connectivity index (χ1v) is 16.0. The van der Waals surface area contributed by atoms with Gasteiger partial charge < -0.3 is 42.3 Å². The molecule has 0 bridgehead atoms. The Morgan fingerprint density at radius 3 is 2.12 bits per heavy atom. The summed E-state index contributed by atoms with van der Waals surface area (Å²) < 4.78 is 51.2. The summed E-state index contributed by atoms with van der Waals surface area (Å²) >= 11 is 0. The lowest BCUT2D eigenvalue weighted by Crippen LogP contribution is -2.63. The molecule has 5 atom stereocenters. The van der Waals surface area contributed by atoms with Crippen LogP contribution in [0.25, 0.3) is 11.0 Å². The van der Waals surface area contributed by atoms with Crippen molar-refractivity contribution in [1.29, 1.82) is 0 Å². The van der Waals surface area contributed by atoms with Crippen molar-refractivity contribution >= 4 is 34.8 Å². The second-order valence-electron chi connectivity index (χ2n) is 11.2. The number of ether oxygens (including phenoxy) is 8. The SMILES string of the molecule is CCC=CCCOc1c(OCc2ccccc2)c2ccc(O[C@@H]3O[C@H](COC(C)=O)[C@H](OC(C)=O)[C@H](OC(C)=O)[C@H]3OC(C)=O)cc2oc1=O. The lowest BCUT2D eigenvalue weighted by atomic mass is 9.98. The molecule has 0 unspecified atom stereocenters. The molecule has 0 saturated carbocycles.